The minimum atomic E-state index is -2.66. The predicted octanol–water partition coefficient (Wildman–Crippen LogP) is 2.31. The Labute approximate surface area is 92.2 Å². The lowest BCUT2D eigenvalue weighted by Gasteiger charge is -2.09. The lowest BCUT2D eigenvalue weighted by molar-refractivity contribution is 0.0159. The summed E-state index contributed by atoms with van der Waals surface area (Å²) in [5.41, 5.74) is 7.79. The molecule has 5 heteroatoms. The lowest BCUT2D eigenvalue weighted by Crippen LogP contribution is -2.13. The molecule has 0 aliphatic heterocycles. The van der Waals surface area contributed by atoms with E-state index in [1.165, 1.54) is 6.07 Å². The van der Waals surface area contributed by atoms with E-state index < -0.39 is 19.0 Å². The van der Waals surface area contributed by atoms with Crippen LogP contribution in [0.3, 0.4) is 0 Å². The molecule has 88 valence electrons. The number of ether oxygens (including phenoxy) is 1. The summed E-state index contributed by atoms with van der Waals surface area (Å²) in [6.07, 6.45) is -2.66. The number of nitrogens with two attached hydrogens (primary N) is 1. The number of esters is 1. The van der Waals surface area contributed by atoms with Gasteiger partial charge in [0.1, 0.15) is 0 Å². The molecule has 0 radical (unpaired) electrons. The van der Waals surface area contributed by atoms with Crippen molar-refractivity contribution in [2.75, 3.05) is 12.3 Å². The maximum Gasteiger partial charge on any atom is 0.338 e. The zero-order chi connectivity index (χ0) is 12.3. The molecule has 0 amide bonds. The SMILES string of the molecule is Cc1cc(C)c(C(=O)OCC(F)F)cc1N. The zero-order valence-electron chi connectivity index (χ0n) is 9.09. The highest BCUT2D eigenvalue weighted by atomic mass is 19.3. The van der Waals surface area contributed by atoms with Gasteiger partial charge in [-0.1, -0.05) is 6.07 Å². The Morgan fingerprint density at radius 3 is 2.56 bits per heavy atom. The van der Waals surface area contributed by atoms with Crippen LogP contribution in [0.4, 0.5) is 14.5 Å². The van der Waals surface area contributed by atoms with Crippen LogP contribution in [0.15, 0.2) is 12.1 Å². The Balaban J connectivity index is 2.87. The van der Waals surface area contributed by atoms with Crippen molar-refractivity contribution in [3.05, 3.63) is 28.8 Å². The predicted molar refractivity (Wildman–Crippen MR) is 56.6 cm³/mol. The number of carbonyl (C=O) groups excluding carboxylic acids is 1. The normalized spacial score (nSPS) is 10.6. The van der Waals surface area contributed by atoms with E-state index in [1.807, 2.05) is 0 Å². The highest BCUT2D eigenvalue weighted by Crippen LogP contribution is 2.18. The summed E-state index contributed by atoms with van der Waals surface area (Å²) in [5.74, 6) is -0.774. The molecule has 0 atom stereocenters. The second kappa shape index (κ2) is 4.92. The van der Waals surface area contributed by atoms with E-state index >= 15 is 0 Å². The van der Waals surface area contributed by atoms with Gasteiger partial charge in [-0.25, -0.2) is 13.6 Å². The maximum atomic E-state index is 11.9. The number of alkyl halides is 2. The van der Waals surface area contributed by atoms with Crippen LogP contribution in [0.25, 0.3) is 0 Å². The number of nitrogen functional groups attached to an aromatic ring is 1. The number of hydrogen-bond acceptors (Lipinski definition) is 3. The Morgan fingerprint density at radius 2 is 2.00 bits per heavy atom. The third kappa shape index (κ3) is 2.92. The van der Waals surface area contributed by atoms with E-state index in [2.05, 4.69) is 4.74 Å². The first-order valence-electron chi connectivity index (χ1n) is 4.73. The molecular weight excluding hydrogens is 216 g/mol. The minimum Gasteiger partial charge on any atom is -0.456 e. The van der Waals surface area contributed by atoms with Gasteiger partial charge in [-0.05, 0) is 31.0 Å². The van der Waals surface area contributed by atoms with Gasteiger partial charge in [-0.3, -0.25) is 0 Å². The van der Waals surface area contributed by atoms with E-state index in [4.69, 9.17) is 5.73 Å². The number of hydrogen-bond donors (Lipinski definition) is 1. The third-order valence-corrected chi connectivity index (χ3v) is 2.17. The molecule has 0 heterocycles. The van der Waals surface area contributed by atoms with Crippen LogP contribution in [-0.2, 0) is 4.74 Å². The Hall–Kier alpha value is -1.65. The molecule has 16 heavy (non-hydrogen) atoms. The van der Waals surface area contributed by atoms with Gasteiger partial charge in [0.15, 0.2) is 6.61 Å². The Kier molecular flexibility index (Phi) is 3.82. The van der Waals surface area contributed by atoms with Crippen molar-refractivity contribution in [3.63, 3.8) is 0 Å². The van der Waals surface area contributed by atoms with Crippen LogP contribution in [0.2, 0.25) is 0 Å². The number of benzene rings is 1. The minimum absolute atomic E-state index is 0.226. The van der Waals surface area contributed by atoms with Crippen molar-refractivity contribution in [2.24, 2.45) is 0 Å². The molecule has 0 unspecified atom stereocenters. The maximum absolute atomic E-state index is 11.9. The summed E-state index contributed by atoms with van der Waals surface area (Å²) >= 11 is 0. The molecule has 0 aliphatic carbocycles. The molecule has 0 fully saturated rings. The first-order valence-corrected chi connectivity index (χ1v) is 4.73. The molecule has 0 bridgehead atoms. The quantitative estimate of drug-likeness (QED) is 0.639. The monoisotopic (exact) mass is 229 g/mol. The number of carbonyl (C=O) groups is 1. The average Bonchev–Trinajstić information content (AvgIpc) is 2.20. The van der Waals surface area contributed by atoms with Gasteiger partial charge >= 0.3 is 5.97 Å². The molecule has 1 aromatic carbocycles. The Bertz CT molecular complexity index is 405. The molecule has 0 saturated heterocycles. The first kappa shape index (κ1) is 12.4. The molecule has 1 rings (SSSR count). The van der Waals surface area contributed by atoms with Crippen LogP contribution in [-0.4, -0.2) is 19.0 Å². The van der Waals surface area contributed by atoms with Crippen molar-refractivity contribution < 1.29 is 18.3 Å². The summed E-state index contributed by atoms with van der Waals surface area (Å²) < 4.78 is 28.1. The van der Waals surface area contributed by atoms with Gasteiger partial charge in [0, 0.05) is 5.69 Å². The summed E-state index contributed by atoms with van der Waals surface area (Å²) in [7, 11) is 0. The van der Waals surface area contributed by atoms with Crippen molar-refractivity contribution >= 4 is 11.7 Å². The third-order valence-electron chi connectivity index (χ3n) is 2.17. The fraction of sp³-hybridized carbons (Fsp3) is 0.364. The van der Waals surface area contributed by atoms with Crippen LogP contribution in [0.1, 0.15) is 21.5 Å². The van der Waals surface area contributed by atoms with Crippen LogP contribution < -0.4 is 5.73 Å². The molecule has 1 aromatic rings. The van der Waals surface area contributed by atoms with Crippen LogP contribution in [0, 0.1) is 13.8 Å². The molecule has 3 nitrogen and oxygen atoms in total. The standard InChI is InChI=1S/C11H13F2NO2/c1-6-3-7(2)9(14)4-8(6)11(15)16-5-10(12)13/h3-4,10H,5,14H2,1-2H3. The number of anilines is 1. The summed E-state index contributed by atoms with van der Waals surface area (Å²) in [6.45, 7) is 2.61. The van der Waals surface area contributed by atoms with Crippen molar-refractivity contribution in [2.45, 2.75) is 20.3 Å². The van der Waals surface area contributed by atoms with Crippen molar-refractivity contribution in [1.82, 2.24) is 0 Å². The van der Waals surface area contributed by atoms with Gasteiger partial charge in [-0.2, -0.15) is 0 Å². The highest BCUT2D eigenvalue weighted by molar-refractivity contribution is 5.92. The Morgan fingerprint density at radius 1 is 1.38 bits per heavy atom. The van der Waals surface area contributed by atoms with Crippen molar-refractivity contribution in [1.29, 1.82) is 0 Å². The van der Waals surface area contributed by atoms with E-state index in [0.29, 0.717) is 11.3 Å². The van der Waals surface area contributed by atoms with Gasteiger partial charge in [-0.15, -0.1) is 0 Å². The van der Waals surface area contributed by atoms with Crippen molar-refractivity contribution in [3.8, 4) is 0 Å². The van der Waals surface area contributed by atoms with Gasteiger partial charge in [0.25, 0.3) is 6.43 Å². The second-order valence-electron chi connectivity index (χ2n) is 3.51. The molecule has 0 spiro atoms. The average molecular weight is 229 g/mol. The van der Waals surface area contributed by atoms with E-state index in [1.54, 1.807) is 19.9 Å². The van der Waals surface area contributed by atoms with Crippen LogP contribution in [0.5, 0.6) is 0 Å². The first-order chi connectivity index (χ1) is 7.41. The summed E-state index contributed by atoms with van der Waals surface area (Å²) in [4.78, 5) is 11.4. The second-order valence-corrected chi connectivity index (χ2v) is 3.51. The zero-order valence-corrected chi connectivity index (χ0v) is 9.09. The van der Waals surface area contributed by atoms with Gasteiger partial charge in [0.05, 0.1) is 5.56 Å². The molecule has 2 N–H and O–H groups in total. The lowest BCUT2D eigenvalue weighted by atomic mass is 10.0. The smallest absolute Gasteiger partial charge is 0.338 e. The van der Waals surface area contributed by atoms with E-state index in [9.17, 15) is 13.6 Å². The van der Waals surface area contributed by atoms with Crippen LogP contribution >= 0.6 is 0 Å². The number of aryl methyl sites for hydroxylation is 2. The van der Waals surface area contributed by atoms with E-state index in [0.717, 1.165) is 5.56 Å². The largest absolute Gasteiger partial charge is 0.456 e. The summed E-state index contributed by atoms with van der Waals surface area (Å²) in [5, 5.41) is 0. The molecule has 0 saturated carbocycles. The molecule has 0 aromatic heterocycles. The van der Waals surface area contributed by atoms with Gasteiger partial charge in [0.2, 0.25) is 0 Å². The molecular formula is C11H13F2NO2. The molecule has 0 aliphatic rings. The number of rotatable bonds is 3. The fourth-order valence-electron chi connectivity index (χ4n) is 1.31. The topological polar surface area (TPSA) is 52.3 Å². The number of halogens is 2. The summed E-state index contributed by atoms with van der Waals surface area (Å²) in [6, 6.07) is 3.16. The highest BCUT2D eigenvalue weighted by Gasteiger charge is 2.14. The van der Waals surface area contributed by atoms with E-state index in [-0.39, 0.29) is 5.56 Å². The van der Waals surface area contributed by atoms with Gasteiger partial charge < -0.3 is 10.5 Å². The fourth-order valence-corrected chi connectivity index (χ4v) is 1.31.